The van der Waals surface area contributed by atoms with Gasteiger partial charge in [-0.25, -0.2) is 4.79 Å². The van der Waals surface area contributed by atoms with Gasteiger partial charge in [0.2, 0.25) is 5.91 Å². The topological polar surface area (TPSA) is 69.7 Å². The van der Waals surface area contributed by atoms with E-state index in [0.717, 1.165) is 36.1 Å². The minimum atomic E-state index is -0.758. The summed E-state index contributed by atoms with van der Waals surface area (Å²) in [5.41, 5.74) is 0.981. The molecule has 2 fully saturated rings. The molecule has 1 aromatic carbocycles. The Morgan fingerprint density at radius 1 is 1.12 bits per heavy atom. The molecular weight excluding hydrogens is 318 g/mol. The molecule has 0 radical (unpaired) electrons. The summed E-state index contributed by atoms with van der Waals surface area (Å²) in [6.07, 6.45) is 4.65. The molecule has 0 aliphatic carbocycles. The lowest BCUT2D eigenvalue weighted by atomic mass is 10.1. The van der Waals surface area contributed by atoms with Gasteiger partial charge in [-0.2, -0.15) is 0 Å². The molecule has 134 valence electrons. The van der Waals surface area contributed by atoms with Crippen molar-refractivity contribution in [1.29, 1.82) is 0 Å². The van der Waals surface area contributed by atoms with Gasteiger partial charge in [-0.15, -0.1) is 0 Å². The summed E-state index contributed by atoms with van der Waals surface area (Å²) in [6, 6.07) is 7.73. The first kappa shape index (κ1) is 17.5. The van der Waals surface area contributed by atoms with Crippen LogP contribution in [0.1, 0.15) is 38.2 Å². The van der Waals surface area contributed by atoms with Gasteiger partial charge in [-0.3, -0.25) is 14.5 Å². The maximum atomic E-state index is 12.7. The number of imide groups is 1. The molecule has 2 atom stereocenters. The number of nitrogens with one attached hydrogen (secondary N) is 1. The summed E-state index contributed by atoms with van der Waals surface area (Å²) in [6.45, 7) is 3.07. The van der Waals surface area contributed by atoms with Gasteiger partial charge in [0, 0.05) is 19.5 Å². The Morgan fingerprint density at radius 3 is 2.40 bits per heavy atom. The van der Waals surface area contributed by atoms with Crippen LogP contribution in [0.15, 0.2) is 30.3 Å². The normalized spacial score (nSPS) is 22.5. The number of amides is 4. The van der Waals surface area contributed by atoms with Crippen molar-refractivity contribution in [3.63, 3.8) is 0 Å². The number of nitrogens with zero attached hydrogens (tertiary/aromatic N) is 2. The van der Waals surface area contributed by atoms with E-state index in [-0.39, 0.29) is 11.8 Å². The van der Waals surface area contributed by atoms with Gasteiger partial charge in [-0.05, 0) is 25.3 Å². The first-order valence-corrected chi connectivity index (χ1v) is 9.04. The van der Waals surface area contributed by atoms with E-state index >= 15 is 0 Å². The Morgan fingerprint density at radius 2 is 1.76 bits per heavy atom. The van der Waals surface area contributed by atoms with Crippen molar-refractivity contribution in [2.24, 2.45) is 0 Å². The zero-order valence-corrected chi connectivity index (χ0v) is 14.6. The predicted molar refractivity (Wildman–Crippen MR) is 93.8 cm³/mol. The number of carbonyl (C=O) groups is 3. The van der Waals surface area contributed by atoms with Gasteiger partial charge in [-0.1, -0.05) is 43.2 Å². The maximum absolute atomic E-state index is 12.7. The van der Waals surface area contributed by atoms with Crippen molar-refractivity contribution in [2.45, 2.75) is 51.1 Å². The van der Waals surface area contributed by atoms with E-state index in [2.05, 4.69) is 5.32 Å². The Hall–Kier alpha value is -2.37. The molecule has 0 unspecified atom stereocenters. The number of likely N-dealkylation sites (tertiary alicyclic amines) is 1. The van der Waals surface area contributed by atoms with Crippen molar-refractivity contribution < 1.29 is 14.4 Å². The lowest BCUT2D eigenvalue weighted by Crippen LogP contribution is -2.50. The Bertz CT molecular complexity index is 639. The second kappa shape index (κ2) is 7.68. The van der Waals surface area contributed by atoms with Crippen LogP contribution in [0.5, 0.6) is 0 Å². The largest absolute Gasteiger partial charge is 0.341 e. The van der Waals surface area contributed by atoms with Gasteiger partial charge in [0.15, 0.2) is 0 Å². The fourth-order valence-corrected chi connectivity index (χ4v) is 3.57. The molecule has 3 rings (SSSR count). The van der Waals surface area contributed by atoms with Crippen LogP contribution in [-0.2, 0) is 16.0 Å². The van der Waals surface area contributed by atoms with Gasteiger partial charge >= 0.3 is 6.03 Å². The molecule has 1 aromatic rings. The molecule has 0 spiro atoms. The van der Waals surface area contributed by atoms with Gasteiger partial charge < -0.3 is 10.2 Å². The lowest BCUT2D eigenvalue weighted by Gasteiger charge is -2.28. The van der Waals surface area contributed by atoms with E-state index in [0.29, 0.717) is 19.5 Å². The van der Waals surface area contributed by atoms with Crippen LogP contribution >= 0.6 is 0 Å². The molecule has 2 aliphatic heterocycles. The van der Waals surface area contributed by atoms with Crippen LogP contribution in [0.3, 0.4) is 0 Å². The first-order valence-electron chi connectivity index (χ1n) is 9.04. The number of rotatable bonds is 4. The first-order chi connectivity index (χ1) is 12.1. The van der Waals surface area contributed by atoms with Gasteiger partial charge in [0.1, 0.15) is 12.1 Å². The highest BCUT2D eigenvalue weighted by Crippen LogP contribution is 2.18. The summed E-state index contributed by atoms with van der Waals surface area (Å²) in [4.78, 5) is 40.6. The third-order valence-electron chi connectivity index (χ3n) is 5.00. The molecule has 6 nitrogen and oxygen atoms in total. The number of hydrogen-bond donors (Lipinski definition) is 1. The smallest absolute Gasteiger partial charge is 0.325 e. The minimum Gasteiger partial charge on any atom is -0.341 e. The van der Waals surface area contributed by atoms with Gasteiger partial charge in [0.25, 0.3) is 5.91 Å². The maximum Gasteiger partial charge on any atom is 0.325 e. The van der Waals surface area contributed by atoms with Crippen molar-refractivity contribution >= 4 is 17.8 Å². The van der Waals surface area contributed by atoms with E-state index < -0.39 is 18.1 Å². The van der Waals surface area contributed by atoms with Crippen LogP contribution in [0.2, 0.25) is 0 Å². The summed E-state index contributed by atoms with van der Waals surface area (Å²) in [7, 11) is 0. The highest BCUT2D eigenvalue weighted by molar-refractivity contribution is 6.07. The van der Waals surface area contributed by atoms with E-state index in [1.807, 2.05) is 30.3 Å². The van der Waals surface area contributed by atoms with Crippen LogP contribution in [0, 0.1) is 0 Å². The molecule has 0 saturated carbocycles. The van der Waals surface area contributed by atoms with E-state index in [9.17, 15) is 14.4 Å². The van der Waals surface area contributed by atoms with Crippen molar-refractivity contribution in [1.82, 2.24) is 15.1 Å². The second-order valence-corrected chi connectivity index (χ2v) is 6.82. The SMILES string of the molecule is C[C@H](C(=O)N1CCCCCC1)N1C(=O)N[C@@H](Cc2ccccc2)C1=O. The Labute approximate surface area is 148 Å². The Kier molecular flexibility index (Phi) is 5.36. The summed E-state index contributed by atoms with van der Waals surface area (Å²) >= 11 is 0. The average molecular weight is 343 g/mol. The quantitative estimate of drug-likeness (QED) is 0.850. The van der Waals surface area contributed by atoms with Crippen LogP contribution < -0.4 is 5.32 Å². The summed E-state index contributed by atoms with van der Waals surface area (Å²) in [5, 5.41) is 2.72. The van der Waals surface area contributed by atoms with Crippen molar-refractivity contribution in [2.75, 3.05) is 13.1 Å². The average Bonchev–Trinajstić information content (AvgIpc) is 2.81. The van der Waals surface area contributed by atoms with Crippen molar-refractivity contribution in [3.8, 4) is 0 Å². The second-order valence-electron chi connectivity index (χ2n) is 6.82. The third kappa shape index (κ3) is 3.83. The van der Waals surface area contributed by atoms with E-state index in [1.165, 1.54) is 0 Å². The highest BCUT2D eigenvalue weighted by Gasteiger charge is 2.43. The standard InChI is InChI=1S/C19H25N3O3/c1-14(17(23)21-11-7-2-3-8-12-21)22-18(24)16(20-19(22)25)13-15-9-5-4-6-10-15/h4-6,9-10,14,16H,2-3,7-8,11-13H2,1H3,(H,20,25)/t14-,16+/m1/s1. The fraction of sp³-hybridized carbons (Fsp3) is 0.526. The zero-order chi connectivity index (χ0) is 17.8. The molecular formula is C19H25N3O3. The molecule has 1 N–H and O–H groups in total. The number of benzene rings is 1. The van der Waals surface area contributed by atoms with Crippen molar-refractivity contribution in [3.05, 3.63) is 35.9 Å². The molecule has 2 aliphatic rings. The molecule has 2 saturated heterocycles. The fourth-order valence-electron chi connectivity index (χ4n) is 3.57. The van der Waals surface area contributed by atoms with E-state index in [1.54, 1.807) is 11.8 Å². The number of carbonyl (C=O) groups excluding carboxylic acids is 3. The third-order valence-corrected chi connectivity index (χ3v) is 5.00. The van der Waals surface area contributed by atoms with Crippen LogP contribution in [0.25, 0.3) is 0 Å². The number of urea groups is 1. The van der Waals surface area contributed by atoms with Crippen LogP contribution in [-0.4, -0.2) is 52.8 Å². The molecule has 4 amide bonds. The molecule has 0 bridgehead atoms. The number of hydrogen-bond acceptors (Lipinski definition) is 3. The minimum absolute atomic E-state index is 0.134. The molecule has 6 heteroatoms. The zero-order valence-electron chi connectivity index (χ0n) is 14.6. The summed E-state index contributed by atoms with van der Waals surface area (Å²) < 4.78 is 0. The highest BCUT2D eigenvalue weighted by atomic mass is 16.2. The molecule has 25 heavy (non-hydrogen) atoms. The van der Waals surface area contributed by atoms with Crippen LogP contribution in [0.4, 0.5) is 4.79 Å². The summed E-state index contributed by atoms with van der Waals surface area (Å²) in [5.74, 6) is -0.449. The predicted octanol–water partition coefficient (Wildman–Crippen LogP) is 1.94. The molecule has 0 aromatic heterocycles. The lowest BCUT2D eigenvalue weighted by molar-refractivity contribution is -0.141. The Balaban J connectivity index is 1.67. The molecule has 2 heterocycles. The van der Waals surface area contributed by atoms with E-state index in [4.69, 9.17) is 0 Å². The monoisotopic (exact) mass is 343 g/mol. The van der Waals surface area contributed by atoms with Gasteiger partial charge in [0.05, 0.1) is 0 Å².